The van der Waals surface area contributed by atoms with Gasteiger partial charge in [0.05, 0.1) is 38.2 Å². The van der Waals surface area contributed by atoms with Gasteiger partial charge in [-0.1, -0.05) is 38.2 Å². The quantitative estimate of drug-likeness (QED) is 0.470. The molecule has 1 aliphatic heterocycles. The number of hydrogen-bond donors (Lipinski definition) is 3. The van der Waals surface area contributed by atoms with Crippen LogP contribution in [0.3, 0.4) is 0 Å². The van der Waals surface area contributed by atoms with E-state index >= 15 is 0 Å². The predicted octanol–water partition coefficient (Wildman–Crippen LogP) is 4.21. The van der Waals surface area contributed by atoms with Gasteiger partial charge in [0.25, 0.3) is 5.91 Å². The van der Waals surface area contributed by atoms with Gasteiger partial charge in [0.1, 0.15) is 23.7 Å². The molecule has 0 aliphatic carbocycles. The molecular weight excluding hydrogens is 502 g/mol. The van der Waals surface area contributed by atoms with Crippen molar-refractivity contribution in [3.8, 4) is 11.5 Å². The molecule has 0 saturated carbocycles. The molecule has 9 heteroatoms. The smallest absolute Gasteiger partial charge is 0.251 e. The van der Waals surface area contributed by atoms with Crippen molar-refractivity contribution in [1.29, 1.82) is 0 Å². The number of aliphatic hydroxyl groups is 2. The molecule has 0 unspecified atom stereocenters. The normalized spacial score (nSPS) is 32.8. The number of ether oxygens (including phenoxy) is 5. The number of fused-ring (bicyclic) bond motifs is 2. The van der Waals surface area contributed by atoms with Crippen LogP contribution in [0, 0.1) is 11.8 Å². The molecule has 2 rings (SSSR count). The molecular formula is C30H45NO8. The molecule has 0 saturated heterocycles. The van der Waals surface area contributed by atoms with Crippen molar-refractivity contribution in [2.45, 2.75) is 64.6 Å². The standard InChI is InChI=1S/C30H45NO8/c1-17-11-10-12-24(36-6)27(33)18(2)13-20(4)28(38-8)25(37-7)14-19(3)26(32)22-15-21(35-5)16-23(29(22)39-9)31-30(17)34/h10-13,15-16,19-20,24-28,32-33H,14H2,1-9H3,(H,31,34)/b12-10-,17-11+,18-13+/t19-,20-,24-,25-,26+,27-,28+/m0/s1. The van der Waals surface area contributed by atoms with Gasteiger partial charge >= 0.3 is 0 Å². The number of carbonyl (C=O) groups excluding carboxylic acids is 1. The van der Waals surface area contributed by atoms with Gasteiger partial charge in [0.2, 0.25) is 0 Å². The number of rotatable bonds is 5. The summed E-state index contributed by atoms with van der Waals surface area (Å²) in [4.78, 5) is 13.0. The fourth-order valence-electron chi connectivity index (χ4n) is 4.94. The van der Waals surface area contributed by atoms with Crippen molar-refractivity contribution in [1.82, 2.24) is 0 Å². The van der Waals surface area contributed by atoms with E-state index in [1.165, 1.54) is 21.3 Å². The molecule has 1 aromatic rings. The van der Waals surface area contributed by atoms with Gasteiger partial charge in [-0.25, -0.2) is 0 Å². The van der Waals surface area contributed by atoms with Crippen molar-refractivity contribution >= 4 is 11.6 Å². The number of hydrogen-bond acceptors (Lipinski definition) is 8. The number of amides is 1. The topological polar surface area (TPSA) is 116 Å². The van der Waals surface area contributed by atoms with Crippen molar-refractivity contribution in [2.24, 2.45) is 11.8 Å². The van der Waals surface area contributed by atoms with Crippen LogP contribution in [0.2, 0.25) is 0 Å². The second kappa shape index (κ2) is 15.2. The Morgan fingerprint density at radius 2 is 1.62 bits per heavy atom. The highest BCUT2D eigenvalue weighted by Gasteiger charge is 2.32. The van der Waals surface area contributed by atoms with Crippen LogP contribution in [0.25, 0.3) is 0 Å². The van der Waals surface area contributed by atoms with Crippen LogP contribution in [0.4, 0.5) is 5.69 Å². The number of nitrogens with one attached hydrogen (secondary N) is 1. The van der Waals surface area contributed by atoms with E-state index in [1.807, 2.05) is 26.8 Å². The summed E-state index contributed by atoms with van der Waals surface area (Å²) in [6.45, 7) is 7.43. The van der Waals surface area contributed by atoms with E-state index in [0.717, 1.165) is 0 Å². The highest BCUT2D eigenvalue weighted by atomic mass is 16.5. The third-order valence-electron chi connectivity index (χ3n) is 7.28. The van der Waals surface area contributed by atoms with Crippen molar-refractivity contribution in [2.75, 3.05) is 40.9 Å². The summed E-state index contributed by atoms with van der Waals surface area (Å²) in [5.41, 5.74) is 1.99. The largest absolute Gasteiger partial charge is 0.497 e. The minimum Gasteiger partial charge on any atom is -0.497 e. The number of carbonyl (C=O) groups is 1. The summed E-state index contributed by atoms with van der Waals surface area (Å²) in [6, 6.07) is 3.36. The Morgan fingerprint density at radius 3 is 2.18 bits per heavy atom. The van der Waals surface area contributed by atoms with E-state index in [9.17, 15) is 15.0 Å². The zero-order valence-electron chi connectivity index (χ0n) is 24.6. The minimum absolute atomic E-state index is 0.121. The van der Waals surface area contributed by atoms with E-state index < -0.39 is 18.3 Å². The maximum absolute atomic E-state index is 13.0. The molecule has 0 spiro atoms. The lowest BCUT2D eigenvalue weighted by molar-refractivity contribution is -0.112. The Labute approximate surface area is 232 Å². The lowest BCUT2D eigenvalue weighted by Gasteiger charge is -2.32. The first-order valence-electron chi connectivity index (χ1n) is 13.1. The molecule has 0 radical (unpaired) electrons. The van der Waals surface area contributed by atoms with Gasteiger partial charge in [-0.2, -0.15) is 0 Å². The van der Waals surface area contributed by atoms with Gasteiger partial charge in [0.15, 0.2) is 0 Å². The maximum atomic E-state index is 13.0. The third-order valence-corrected chi connectivity index (χ3v) is 7.28. The van der Waals surface area contributed by atoms with Gasteiger partial charge in [0, 0.05) is 44.5 Å². The number of methoxy groups -OCH3 is 5. The minimum atomic E-state index is -0.959. The van der Waals surface area contributed by atoms with E-state index in [1.54, 1.807) is 51.5 Å². The zero-order chi connectivity index (χ0) is 29.3. The average Bonchev–Trinajstić information content (AvgIpc) is 2.92. The molecule has 3 N–H and O–H groups in total. The van der Waals surface area contributed by atoms with Crippen LogP contribution in [0.15, 0.2) is 47.6 Å². The van der Waals surface area contributed by atoms with Crippen LogP contribution in [-0.4, -0.2) is 76.1 Å². The maximum Gasteiger partial charge on any atom is 0.251 e. The van der Waals surface area contributed by atoms with Crippen molar-refractivity contribution in [3.05, 3.63) is 53.1 Å². The molecule has 0 fully saturated rings. The lowest BCUT2D eigenvalue weighted by atomic mass is 9.86. The number of allylic oxidation sites excluding steroid dienone is 2. The van der Waals surface area contributed by atoms with Crippen molar-refractivity contribution in [3.63, 3.8) is 0 Å². The van der Waals surface area contributed by atoms with E-state index in [2.05, 4.69) is 5.32 Å². The van der Waals surface area contributed by atoms with Crippen LogP contribution < -0.4 is 14.8 Å². The van der Waals surface area contributed by atoms with E-state index in [4.69, 9.17) is 23.7 Å². The third kappa shape index (κ3) is 8.16. The van der Waals surface area contributed by atoms with Crippen LogP contribution in [0.5, 0.6) is 11.5 Å². The highest BCUT2D eigenvalue weighted by Crippen LogP contribution is 2.41. The molecule has 1 amide bonds. The number of aliphatic hydroxyl groups excluding tert-OH is 2. The average molecular weight is 548 g/mol. The molecule has 1 aliphatic rings. The first kappa shape index (κ1) is 32.5. The van der Waals surface area contributed by atoms with Crippen LogP contribution in [-0.2, 0) is 19.0 Å². The number of benzene rings is 1. The molecule has 0 aromatic heterocycles. The lowest BCUT2D eigenvalue weighted by Crippen LogP contribution is -2.37. The monoisotopic (exact) mass is 547 g/mol. The molecule has 39 heavy (non-hydrogen) atoms. The first-order valence-corrected chi connectivity index (χ1v) is 13.1. The molecule has 1 heterocycles. The van der Waals surface area contributed by atoms with Crippen LogP contribution >= 0.6 is 0 Å². The van der Waals surface area contributed by atoms with E-state index in [0.29, 0.717) is 40.3 Å². The Kier molecular flexibility index (Phi) is 12.7. The molecule has 1 aromatic carbocycles. The summed E-state index contributed by atoms with van der Waals surface area (Å²) in [5, 5.41) is 25.3. The fraction of sp³-hybridized carbons (Fsp3) is 0.567. The summed E-state index contributed by atoms with van der Waals surface area (Å²) < 4.78 is 28.4. The van der Waals surface area contributed by atoms with Crippen LogP contribution in [0.1, 0.15) is 45.8 Å². The Hall–Kier alpha value is -2.69. The van der Waals surface area contributed by atoms with Crippen molar-refractivity contribution < 1.29 is 38.7 Å². The van der Waals surface area contributed by atoms with Gasteiger partial charge in [-0.3, -0.25) is 4.79 Å². The first-order chi connectivity index (χ1) is 18.5. The zero-order valence-corrected chi connectivity index (χ0v) is 24.6. The summed E-state index contributed by atoms with van der Waals surface area (Å²) in [7, 11) is 7.77. The number of anilines is 1. The van der Waals surface area contributed by atoms with E-state index in [-0.39, 0.29) is 30.0 Å². The Bertz CT molecular complexity index is 1050. The predicted molar refractivity (Wildman–Crippen MR) is 151 cm³/mol. The summed E-state index contributed by atoms with van der Waals surface area (Å²) in [5.74, 6) is 0.0372. The molecule has 7 atom stereocenters. The molecule has 9 nitrogen and oxygen atoms in total. The second-order valence-corrected chi connectivity index (χ2v) is 10.0. The molecule has 218 valence electrons. The SMILES string of the molecule is COc1cc2c(OC)c(c1)[C@H](O)[C@@H](C)C[C@H](OC)[C@H](OC)[C@@H](C)/C=C(\C)[C@H](O)[C@@H](OC)/C=C\C=C(/C)C(=O)N2. The highest BCUT2D eigenvalue weighted by molar-refractivity contribution is 6.04. The summed E-state index contributed by atoms with van der Waals surface area (Å²) >= 11 is 0. The summed E-state index contributed by atoms with van der Waals surface area (Å²) in [6.07, 6.45) is 4.22. The van der Waals surface area contributed by atoms with Gasteiger partial charge < -0.3 is 39.2 Å². The Balaban J connectivity index is 2.67. The fourth-order valence-corrected chi connectivity index (χ4v) is 4.94. The second-order valence-electron chi connectivity index (χ2n) is 10.0. The van der Waals surface area contributed by atoms with Gasteiger partial charge in [-0.15, -0.1) is 0 Å². The molecule has 2 bridgehead atoms. The Morgan fingerprint density at radius 1 is 0.923 bits per heavy atom. The van der Waals surface area contributed by atoms with Gasteiger partial charge in [-0.05, 0) is 37.8 Å².